The van der Waals surface area contributed by atoms with Crippen molar-refractivity contribution in [2.75, 3.05) is 24.1 Å². The fourth-order valence-corrected chi connectivity index (χ4v) is 1.28. The molecule has 0 aliphatic carbocycles. The van der Waals surface area contributed by atoms with Crippen LogP contribution in [-0.4, -0.2) is 19.0 Å². The standard InChI is InChI=1S/C11H17N3O/c1-3-13-11(15)7-14-10-6-4-5-9(12)8(10)2/h4-6,14H,3,7,12H2,1-2H3,(H,13,15). The lowest BCUT2D eigenvalue weighted by Gasteiger charge is -2.10. The van der Waals surface area contributed by atoms with Crippen molar-refractivity contribution in [2.24, 2.45) is 0 Å². The number of likely N-dealkylation sites (N-methyl/N-ethyl adjacent to an activating group) is 1. The van der Waals surface area contributed by atoms with Crippen LogP contribution in [0.3, 0.4) is 0 Å². The van der Waals surface area contributed by atoms with Crippen LogP contribution < -0.4 is 16.4 Å². The third-order valence-corrected chi connectivity index (χ3v) is 2.19. The molecule has 0 bridgehead atoms. The van der Waals surface area contributed by atoms with Gasteiger partial charge in [0, 0.05) is 17.9 Å². The second-order valence-corrected chi connectivity index (χ2v) is 3.33. The zero-order chi connectivity index (χ0) is 11.3. The molecular weight excluding hydrogens is 190 g/mol. The first-order valence-corrected chi connectivity index (χ1v) is 5.00. The second kappa shape index (κ2) is 5.24. The predicted molar refractivity (Wildman–Crippen MR) is 62.8 cm³/mol. The van der Waals surface area contributed by atoms with Crippen molar-refractivity contribution < 1.29 is 4.79 Å². The summed E-state index contributed by atoms with van der Waals surface area (Å²) in [5.74, 6) is -0.0145. The van der Waals surface area contributed by atoms with Crippen molar-refractivity contribution in [2.45, 2.75) is 13.8 Å². The Kier molecular flexibility index (Phi) is 3.97. The zero-order valence-corrected chi connectivity index (χ0v) is 9.13. The van der Waals surface area contributed by atoms with Crippen LogP contribution in [0.15, 0.2) is 18.2 Å². The Morgan fingerprint density at radius 1 is 1.47 bits per heavy atom. The lowest BCUT2D eigenvalue weighted by atomic mass is 10.1. The summed E-state index contributed by atoms with van der Waals surface area (Å²) in [5.41, 5.74) is 8.36. The van der Waals surface area contributed by atoms with E-state index in [1.165, 1.54) is 0 Å². The maximum atomic E-state index is 11.2. The van der Waals surface area contributed by atoms with Crippen LogP contribution in [-0.2, 0) is 4.79 Å². The highest BCUT2D eigenvalue weighted by Crippen LogP contribution is 2.19. The minimum atomic E-state index is -0.0145. The quantitative estimate of drug-likeness (QED) is 0.648. The summed E-state index contributed by atoms with van der Waals surface area (Å²) < 4.78 is 0. The number of rotatable bonds is 4. The number of amides is 1. The molecule has 0 saturated carbocycles. The number of carbonyl (C=O) groups excluding carboxylic acids is 1. The highest BCUT2D eigenvalue weighted by atomic mass is 16.1. The molecule has 4 N–H and O–H groups in total. The van der Waals surface area contributed by atoms with E-state index in [2.05, 4.69) is 10.6 Å². The van der Waals surface area contributed by atoms with Crippen molar-refractivity contribution in [1.82, 2.24) is 5.32 Å². The first kappa shape index (κ1) is 11.4. The van der Waals surface area contributed by atoms with E-state index in [1.54, 1.807) is 0 Å². The Morgan fingerprint density at radius 3 is 2.87 bits per heavy atom. The summed E-state index contributed by atoms with van der Waals surface area (Å²) in [6.45, 7) is 4.74. The molecule has 0 radical (unpaired) electrons. The number of hydrogen-bond acceptors (Lipinski definition) is 3. The zero-order valence-electron chi connectivity index (χ0n) is 9.13. The van der Waals surface area contributed by atoms with Crippen molar-refractivity contribution in [3.8, 4) is 0 Å². The van der Waals surface area contributed by atoms with Crippen LogP contribution in [0.1, 0.15) is 12.5 Å². The third-order valence-electron chi connectivity index (χ3n) is 2.19. The summed E-state index contributed by atoms with van der Waals surface area (Å²) in [6.07, 6.45) is 0. The van der Waals surface area contributed by atoms with Gasteiger partial charge in [-0.25, -0.2) is 0 Å². The monoisotopic (exact) mass is 207 g/mol. The summed E-state index contributed by atoms with van der Waals surface area (Å²) in [6, 6.07) is 5.61. The summed E-state index contributed by atoms with van der Waals surface area (Å²) in [5, 5.41) is 5.76. The Hall–Kier alpha value is -1.71. The molecule has 1 amide bonds. The number of benzene rings is 1. The molecule has 0 aliphatic rings. The summed E-state index contributed by atoms with van der Waals surface area (Å²) in [7, 11) is 0. The van der Waals surface area contributed by atoms with E-state index in [9.17, 15) is 4.79 Å². The van der Waals surface area contributed by atoms with Gasteiger partial charge in [0.05, 0.1) is 6.54 Å². The topological polar surface area (TPSA) is 67.2 Å². The first-order valence-electron chi connectivity index (χ1n) is 5.00. The van der Waals surface area contributed by atoms with Crippen LogP contribution in [0.5, 0.6) is 0 Å². The van der Waals surface area contributed by atoms with Gasteiger partial charge < -0.3 is 16.4 Å². The Morgan fingerprint density at radius 2 is 2.20 bits per heavy atom. The minimum Gasteiger partial charge on any atom is -0.398 e. The number of anilines is 2. The van der Waals surface area contributed by atoms with E-state index < -0.39 is 0 Å². The smallest absolute Gasteiger partial charge is 0.239 e. The van der Waals surface area contributed by atoms with Crippen LogP contribution in [0.4, 0.5) is 11.4 Å². The van der Waals surface area contributed by atoms with E-state index in [4.69, 9.17) is 5.73 Å². The van der Waals surface area contributed by atoms with Crippen molar-refractivity contribution in [3.63, 3.8) is 0 Å². The molecule has 1 rings (SSSR count). The summed E-state index contributed by atoms with van der Waals surface area (Å²) in [4.78, 5) is 11.2. The maximum Gasteiger partial charge on any atom is 0.239 e. The fourth-order valence-electron chi connectivity index (χ4n) is 1.28. The third kappa shape index (κ3) is 3.16. The highest BCUT2D eigenvalue weighted by Gasteiger charge is 2.02. The molecule has 0 spiro atoms. The highest BCUT2D eigenvalue weighted by molar-refractivity contribution is 5.81. The van der Waals surface area contributed by atoms with E-state index in [0.717, 1.165) is 16.9 Å². The average molecular weight is 207 g/mol. The van der Waals surface area contributed by atoms with Crippen molar-refractivity contribution >= 4 is 17.3 Å². The molecule has 4 heteroatoms. The van der Waals surface area contributed by atoms with Gasteiger partial charge in [0.2, 0.25) is 5.91 Å². The molecule has 0 aliphatic heterocycles. The lowest BCUT2D eigenvalue weighted by Crippen LogP contribution is -2.29. The Labute approximate surface area is 89.9 Å². The minimum absolute atomic E-state index is 0.0145. The lowest BCUT2D eigenvalue weighted by molar-refractivity contribution is -0.119. The van der Waals surface area contributed by atoms with Crippen LogP contribution in [0.2, 0.25) is 0 Å². The van der Waals surface area contributed by atoms with E-state index in [-0.39, 0.29) is 12.5 Å². The predicted octanol–water partition coefficient (Wildman–Crippen LogP) is 1.13. The van der Waals surface area contributed by atoms with Gasteiger partial charge in [-0.05, 0) is 31.5 Å². The number of nitrogens with one attached hydrogen (secondary N) is 2. The summed E-state index contributed by atoms with van der Waals surface area (Å²) >= 11 is 0. The molecule has 1 aromatic carbocycles. The van der Waals surface area contributed by atoms with Crippen LogP contribution in [0.25, 0.3) is 0 Å². The molecule has 1 aromatic rings. The van der Waals surface area contributed by atoms with Crippen molar-refractivity contribution in [1.29, 1.82) is 0 Å². The van der Waals surface area contributed by atoms with E-state index in [0.29, 0.717) is 6.54 Å². The number of nitrogens with two attached hydrogens (primary N) is 1. The van der Waals surface area contributed by atoms with Gasteiger partial charge in [0.25, 0.3) is 0 Å². The van der Waals surface area contributed by atoms with E-state index >= 15 is 0 Å². The SMILES string of the molecule is CCNC(=O)CNc1cccc(N)c1C. The van der Waals surface area contributed by atoms with E-state index in [1.807, 2.05) is 32.0 Å². The first-order chi connectivity index (χ1) is 7.15. The average Bonchev–Trinajstić information content (AvgIpc) is 2.21. The molecule has 0 saturated heterocycles. The molecule has 0 atom stereocenters. The van der Waals surface area contributed by atoms with Gasteiger partial charge in [-0.3, -0.25) is 4.79 Å². The largest absolute Gasteiger partial charge is 0.398 e. The molecular formula is C11H17N3O. The molecule has 0 unspecified atom stereocenters. The molecule has 0 fully saturated rings. The van der Waals surface area contributed by atoms with Gasteiger partial charge in [-0.2, -0.15) is 0 Å². The molecule has 0 heterocycles. The van der Waals surface area contributed by atoms with Gasteiger partial charge in [0.15, 0.2) is 0 Å². The maximum absolute atomic E-state index is 11.2. The molecule has 82 valence electrons. The van der Waals surface area contributed by atoms with Gasteiger partial charge in [-0.1, -0.05) is 6.07 Å². The number of hydrogen-bond donors (Lipinski definition) is 3. The normalized spacial score (nSPS) is 9.73. The molecule has 15 heavy (non-hydrogen) atoms. The van der Waals surface area contributed by atoms with Gasteiger partial charge >= 0.3 is 0 Å². The molecule has 0 aromatic heterocycles. The molecule has 4 nitrogen and oxygen atoms in total. The van der Waals surface area contributed by atoms with Gasteiger partial charge in [0.1, 0.15) is 0 Å². The van der Waals surface area contributed by atoms with Crippen LogP contribution in [0, 0.1) is 6.92 Å². The number of carbonyl (C=O) groups is 1. The van der Waals surface area contributed by atoms with Crippen LogP contribution >= 0.6 is 0 Å². The Bertz CT molecular complexity index is 350. The second-order valence-electron chi connectivity index (χ2n) is 3.33. The van der Waals surface area contributed by atoms with Gasteiger partial charge in [-0.15, -0.1) is 0 Å². The Balaban J connectivity index is 2.58. The van der Waals surface area contributed by atoms with Crippen molar-refractivity contribution in [3.05, 3.63) is 23.8 Å². The fraction of sp³-hybridized carbons (Fsp3) is 0.364. The number of nitrogen functional groups attached to an aromatic ring is 1.